The van der Waals surface area contributed by atoms with Gasteiger partial charge in [-0.05, 0) is 61.1 Å². The summed E-state index contributed by atoms with van der Waals surface area (Å²) in [5.74, 6) is -0.274. The van der Waals surface area contributed by atoms with E-state index in [1.165, 1.54) is 24.3 Å². The highest BCUT2D eigenvalue weighted by molar-refractivity contribution is 6.21. The van der Waals surface area contributed by atoms with Gasteiger partial charge in [0.25, 0.3) is 11.8 Å². The van der Waals surface area contributed by atoms with Crippen molar-refractivity contribution < 1.29 is 14.0 Å². The number of carbonyl (C=O) groups is 2. The Kier molecular flexibility index (Phi) is 4.62. The van der Waals surface area contributed by atoms with E-state index in [9.17, 15) is 14.0 Å². The van der Waals surface area contributed by atoms with E-state index >= 15 is 0 Å². The second-order valence-electron chi connectivity index (χ2n) is 7.98. The largest absolute Gasteiger partial charge is 0.354 e. The Balaban J connectivity index is 1.53. The molecular weight excluding hydrogens is 381 g/mol. The molecule has 0 radical (unpaired) electrons. The summed E-state index contributed by atoms with van der Waals surface area (Å²) in [6.45, 7) is 1.09. The van der Waals surface area contributed by atoms with E-state index in [4.69, 9.17) is 0 Å². The molecule has 5 nitrogen and oxygen atoms in total. The zero-order valence-corrected chi connectivity index (χ0v) is 16.5. The second-order valence-corrected chi connectivity index (χ2v) is 7.98. The summed E-state index contributed by atoms with van der Waals surface area (Å²) >= 11 is 0. The third-order valence-corrected chi connectivity index (χ3v) is 5.82. The molecule has 2 heterocycles. The molecule has 152 valence electrons. The van der Waals surface area contributed by atoms with Gasteiger partial charge in [-0.2, -0.15) is 0 Å². The fourth-order valence-corrected chi connectivity index (χ4v) is 3.95. The third kappa shape index (κ3) is 3.49. The van der Waals surface area contributed by atoms with E-state index < -0.39 is 0 Å². The van der Waals surface area contributed by atoms with Crippen LogP contribution < -0.4 is 5.32 Å². The van der Waals surface area contributed by atoms with Gasteiger partial charge < -0.3 is 15.2 Å². The van der Waals surface area contributed by atoms with Crippen LogP contribution in [0, 0.1) is 11.7 Å². The Labute approximate surface area is 173 Å². The van der Waals surface area contributed by atoms with E-state index in [1.54, 1.807) is 11.1 Å². The van der Waals surface area contributed by atoms with Gasteiger partial charge in [-0.25, -0.2) is 4.39 Å². The Morgan fingerprint density at radius 3 is 2.63 bits per heavy atom. The molecule has 2 aliphatic rings. The van der Waals surface area contributed by atoms with Crippen molar-refractivity contribution >= 4 is 28.3 Å². The molecule has 1 aliphatic heterocycles. The van der Waals surface area contributed by atoms with Gasteiger partial charge >= 0.3 is 0 Å². The number of nitrogens with zero attached hydrogens (tertiary/aromatic N) is 1. The number of amides is 2. The fourth-order valence-electron chi connectivity index (χ4n) is 3.95. The number of nitrogens with one attached hydrogen (secondary N) is 2. The number of aromatic nitrogens is 1. The van der Waals surface area contributed by atoms with Gasteiger partial charge in [-0.15, -0.1) is 0 Å². The number of fused-ring (bicyclic) bond motifs is 3. The predicted octanol–water partition coefficient (Wildman–Crippen LogP) is 3.87. The van der Waals surface area contributed by atoms with Gasteiger partial charge in [0.1, 0.15) is 5.82 Å². The molecule has 0 bridgehead atoms. The molecule has 30 heavy (non-hydrogen) atoms. The molecule has 2 N–H and O–H groups in total. The van der Waals surface area contributed by atoms with E-state index in [1.807, 2.05) is 24.3 Å². The first-order valence-corrected chi connectivity index (χ1v) is 10.3. The van der Waals surface area contributed by atoms with Crippen molar-refractivity contribution in [3.8, 4) is 0 Å². The zero-order valence-electron chi connectivity index (χ0n) is 16.5. The minimum atomic E-state index is -0.389. The number of hydrogen-bond acceptors (Lipinski definition) is 2. The molecule has 0 spiro atoms. The Bertz CT molecular complexity index is 1160. The number of H-pyrrole nitrogens is 1. The summed E-state index contributed by atoms with van der Waals surface area (Å²) in [5, 5.41) is 4.08. The molecule has 1 saturated carbocycles. The topological polar surface area (TPSA) is 65.2 Å². The van der Waals surface area contributed by atoms with Crippen molar-refractivity contribution in [2.24, 2.45) is 5.92 Å². The monoisotopic (exact) mass is 403 g/mol. The number of hydrogen-bond donors (Lipinski definition) is 2. The normalized spacial score (nSPS) is 16.0. The predicted molar refractivity (Wildman–Crippen MR) is 113 cm³/mol. The van der Waals surface area contributed by atoms with Crippen molar-refractivity contribution in [3.05, 3.63) is 77.4 Å². The van der Waals surface area contributed by atoms with E-state index in [-0.39, 0.29) is 17.6 Å². The summed E-state index contributed by atoms with van der Waals surface area (Å²) in [5.41, 5.74) is 3.61. The van der Waals surface area contributed by atoms with Gasteiger partial charge in [0.15, 0.2) is 0 Å². The number of benzene rings is 2. The first-order chi connectivity index (χ1) is 14.6. The SMILES string of the molecule is O=C(NCC1CC1)C1=CN(C(=O)c2ccc(F)cc2)CCc2c1[nH]c1ccccc21. The summed E-state index contributed by atoms with van der Waals surface area (Å²) in [6, 6.07) is 13.4. The average Bonchev–Trinajstić information content (AvgIpc) is 3.55. The van der Waals surface area contributed by atoms with Gasteiger partial charge in [0.05, 0.1) is 11.3 Å². The van der Waals surface area contributed by atoms with Crippen molar-refractivity contribution in [3.63, 3.8) is 0 Å². The summed E-state index contributed by atoms with van der Waals surface area (Å²) in [7, 11) is 0. The molecule has 0 atom stereocenters. The van der Waals surface area contributed by atoms with Crippen LogP contribution in [0.15, 0.2) is 54.7 Å². The summed E-state index contributed by atoms with van der Waals surface area (Å²) in [6.07, 6.45) is 4.54. The number of para-hydroxylation sites is 1. The molecule has 2 amide bonds. The van der Waals surface area contributed by atoms with Crippen LogP contribution >= 0.6 is 0 Å². The Morgan fingerprint density at radius 2 is 1.87 bits per heavy atom. The molecular formula is C24H22FN3O2. The van der Waals surface area contributed by atoms with Gasteiger partial charge in [0.2, 0.25) is 0 Å². The summed E-state index contributed by atoms with van der Waals surface area (Å²) < 4.78 is 13.3. The van der Waals surface area contributed by atoms with Crippen LogP contribution in [0.1, 0.15) is 34.5 Å². The van der Waals surface area contributed by atoms with Crippen LogP contribution in [0.25, 0.3) is 16.5 Å². The zero-order chi connectivity index (χ0) is 20.7. The van der Waals surface area contributed by atoms with Crippen molar-refractivity contribution in [2.45, 2.75) is 19.3 Å². The maximum Gasteiger partial charge on any atom is 0.257 e. The lowest BCUT2D eigenvalue weighted by Gasteiger charge is -2.18. The van der Waals surface area contributed by atoms with Crippen molar-refractivity contribution in [2.75, 3.05) is 13.1 Å². The van der Waals surface area contributed by atoms with Crippen LogP contribution in [0.3, 0.4) is 0 Å². The van der Waals surface area contributed by atoms with Crippen LogP contribution in [0.4, 0.5) is 4.39 Å². The van der Waals surface area contributed by atoms with Crippen LogP contribution in [-0.4, -0.2) is 34.8 Å². The van der Waals surface area contributed by atoms with E-state index in [0.717, 1.165) is 35.0 Å². The molecule has 6 heteroatoms. The average molecular weight is 403 g/mol. The van der Waals surface area contributed by atoms with E-state index in [0.29, 0.717) is 36.6 Å². The third-order valence-electron chi connectivity index (χ3n) is 5.82. The smallest absolute Gasteiger partial charge is 0.257 e. The lowest BCUT2D eigenvalue weighted by Crippen LogP contribution is -2.30. The molecule has 3 aromatic rings. The molecule has 5 rings (SSSR count). The fraction of sp³-hybridized carbons (Fsp3) is 0.250. The highest BCUT2D eigenvalue weighted by Gasteiger charge is 2.28. The number of halogens is 1. The first-order valence-electron chi connectivity index (χ1n) is 10.3. The van der Waals surface area contributed by atoms with Gasteiger partial charge in [0, 0.05) is 35.8 Å². The highest BCUT2D eigenvalue weighted by Crippen LogP contribution is 2.32. The molecule has 0 saturated heterocycles. The quantitative estimate of drug-likeness (QED) is 0.695. The highest BCUT2D eigenvalue weighted by atomic mass is 19.1. The Morgan fingerprint density at radius 1 is 1.10 bits per heavy atom. The van der Waals surface area contributed by atoms with Crippen LogP contribution in [0.5, 0.6) is 0 Å². The van der Waals surface area contributed by atoms with Crippen LogP contribution in [0.2, 0.25) is 0 Å². The van der Waals surface area contributed by atoms with Gasteiger partial charge in [-0.3, -0.25) is 9.59 Å². The standard InChI is InChI=1S/C24H22FN3O2/c25-17-9-7-16(8-10-17)24(30)28-12-11-19-18-3-1-2-4-21(18)27-22(19)20(14-28)23(29)26-13-15-5-6-15/h1-4,7-10,14-15,27H,5-6,11-13H2,(H,26,29). The lowest BCUT2D eigenvalue weighted by molar-refractivity contribution is -0.115. The minimum Gasteiger partial charge on any atom is -0.354 e. The van der Waals surface area contributed by atoms with Crippen molar-refractivity contribution in [1.29, 1.82) is 0 Å². The molecule has 2 aromatic carbocycles. The molecule has 0 unspecified atom stereocenters. The van der Waals surface area contributed by atoms with Crippen LogP contribution in [-0.2, 0) is 11.2 Å². The number of carbonyl (C=O) groups excluding carboxylic acids is 2. The maximum atomic E-state index is 13.3. The second kappa shape index (κ2) is 7.44. The van der Waals surface area contributed by atoms with E-state index in [2.05, 4.69) is 10.3 Å². The van der Waals surface area contributed by atoms with Gasteiger partial charge in [-0.1, -0.05) is 18.2 Å². The molecule has 1 fully saturated rings. The summed E-state index contributed by atoms with van der Waals surface area (Å²) in [4.78, 5) is 31.1. The molecule has 1 aromatic heterocycles. The number of rotatable bonds is 4. The maximum absolute atomic E-state index is 13.3. The Hall–Kier alpha value is -3.41. The molecule has 1 aliphatic carbocycles. The lowest BCUT2D eigenvalue weighted by atomic mass is 10.0. The number of aromatic amines is 1. The minimum absolute atomic E-state index is 0.187. The van der Waals surface area contributed by atoms with Crippen molar-refractivity contribution in [1.82, 2.24) is 15.2 Å². The first kappa shape index (κ1) is 18.6.